The van der Waals surface area contributed by atoms with Gasteiger partial charge in [-0.3, -0.25) is 4.98 Å². The monoisotopic (exact) mass is 299 g/mol. The third-order valence-electron chi connectivity index (χ3n) is 2.76. The van der Waals surface area contributed by atoms with Crippen LogP contribution in [0.25, 0.3) is 11.4 Å². The van der Waals surface area contributed by atoms with E-state index in [2.05, 4.69) is 20.3 Å². The molecule has 7 heteroatoms. The van der Waals surface area contributed by atoms with Crippen LogP contribution in [-0.2, 0) is 0 Å². The number of H-pyrrole nitrogens is 1. The molecule has 0 unspecified atom stereocenters. The van der Waals surface area contributed by atoms with Crippen molar-refractivity contribution in [3.63, 3.8) is 0 Å². The van der Waals surface area contributed by atoms with E-state index in [1.54, 1.807) is 36.8 Å². The van der Waals surface area contributed by atoms with Crippen LogP contribution < -0.4 is 0 Å². The van der Waals surface area contributed by atoms with Crippen LogP contribution in [0.3, 0.4) is 0 Å². The fourth-order valence-corrected chi connectivity index (χ4v) is 1.93. The molecule has 3 aromatic rings. The maximum atomic E-state index is 12.9. The third-order valence-corrected chi connectivity index (χ3v) is 3.03. The van der Waals surface area contributed by atoms with Gasteiger partial charge in [0.2, 0.25) is 4.77 Å². The smallest absolute Gasteiger partial charge is 0.216 e. The summed E-state index contributed by atoms with van der Waals surface area (Å²) in [5.41, 5.74) is 1.55. The largest absolute Gasteiger partial charge is 0.264 e. The summed E-state index contributed by atoms with van der Waals surface area (Å²) in [6, 6.07) is 9.68. The Bertz CT molecular complexity index is 821. The topological polar surface area (TPSA) is 58.9 Å². The molecule has 2 aromatic heterocycles. The van der Waals surface area contributed by atoms with Crippen molar-refractivity contribution in [3.05, 3.63) is 64.9 Å². The van der Waals surface area contributed by atoms with Gasteiger partial charge in [0.15, 0.2) is 5.82 Å². The summed E-state index contributed by atoms with van der Waals surface area (Å²) in [5, 5.41) is 11.1. The molecule has 1 aromatic carbocycles. The van der Waals surface area contributed by atoms with Gasteiger partial charge in [0, 0.05) is 18.0 Å². The van der Waals surface area contributed by atoms with Crippen LogP contribution in [0.5, 0.6) is 0 Å². The first-order valence-electron chi connectivity index (χ1n) is 6.12. The number of halogens is 1. The highest BCUT2D eigenvalue weighted by molar-refractivity contribution is 7.71. The normalized spacial score (nSPS) is 11.1. The predicted octanol–water partition coefficient (Wildman–Crippen LogP) is 3.02. The fourth-order valence-electron chi connectivity index (χ4n) is 1.75. The summed E-state index contributed by atoms with van der Waals surface area (Å²) < 4.78 is 14.7. The minimum Gasteiger partial charge on any atom is -0.264 e. The number of hydrogen-bond acceptors (Lipinski definition) is 4. The van der Waals surface area contributed by atoms with Crippen LogP contribution >= 0.6 is 12.2 Å². The molecular formula is C14H10FN5S. The lowest BCUT2D eigenvalue weighted by molar-refractivity contribution is 0.628. The first-order valence-corrected chi connectivity index (χ1v) is 6.52. The number of nitrogens with one attached hydrogen (secondary N) is 1. The van der Waals surface area contributed by atoms with E-state index in [-0.39, 0.29) is 5.82 Å². The molecule has 5 nitrogen and oxygen atoms in total. The highest BCUT2D eigenvalue weighted by Gasteiger charge is 2.07. The number of benzene rings is 1. The van der Waals surface area contributed by atoms with Crippen molar-refractivity contribution in [3.8, 4) is 11.4 Å². The number of pyridine rings is 1. The van der Waals surface area contributed by atoms with Crippen LogP contribution in [0, 0.1) is 10.6 Å². The van der Waals surface area contributed by atoms with Crippen molar-refractivity contribution in [2.45, 2.75) is 0 Å². The molecular weight excluding hydrogens is 289 g/mol. The zero-order valence-electron chi connectivity index (χ0n) is 10.8. The van der Waals surface area contributed by atoms with E-state index in [9.17, 15) is 4.39 Å². The maximum Gasteiger partial charge on any atom is 0.216 e. The molecule has 104 valence electrons. The summed E-state index contributed by atoms with van der Waals surface area (Å²) in [6.45, 7) is 0. The Morgan fingerprint density at radius 3 is 2.76 bits per heavy atom. The number of aromatic nitrogens is 4. The molecule has 2 heterocycles. The first-order chi connectivity index (χ1) is 10.2. The lowest BCUT2D eigenvalue weighted by Gasteiger charge is -2.00. The molecule has 0 saturated carbocycles. The average Bonchev–Trinajstić information content (AvgIpc) is 2.89. The Morgan fingerprint density at radius 1 is 1.24 bits per heavy atom. The van der Waals surface area contributed by atoms with Crippen molar-refractivity contribution in [1.82, 2.24) is 19.9 Å². The van der Waals surface area contributed by atoms with Crippen molar-refractivity contribution < 1.29 is 4.39 Å². The highest BCUT2D eigenvalue weighted by Crippen LogP contribution is 2.15. The van der Waals surface area contributed by atoms with E-state index in [1.165, 1.54) is 16.8 Å². The molecule has 0 aliphatic rings. The average molecular weight is 299 g/mol. The van der Waals surface area contributed by atoms with E-state index in [0.29, 0.717) is 10.6 Å². The van der Waals surface area contributed by atoms with Crippen LogP contribution in [-0.4, -0.2) is 26.1 Å². The summed E-state index contributed by atoms with van der Waals surface area (Å²) in [5.74, 6) is 0.273. The quantitative estimate of drug-likeness (QED) is 0.597. The maximum absolute atomic E-state index is 12.9. The van der Waals surface area contributed by atoms with E-state index >= 15 is 0 Å². The Morgan fingerprint density at radius 2 is 2.05 bits per heavy atom. The van der Waals surface area contributed by atoms with Gasteiger partial charge in [-0.25, -0.2) is 9.49 Å². The van der Waals surface area contributed by atoms with Gasteiger partial charge in [-0.1, -0.05) is 12.1 Å². The second kappa shape index (κ2) is 5.76. The van der Waals surface area contributed by atoms with Crippen LogP contribution in [0.4, 0.5) is 4.39 Å². The summed E-state index contributed by atoms with van der Waals surface area (Å²) in [7, 11) is 0. The first kappa shape index (κ1) is 13.3. The number of nitrogens with zero attached hydrogens (tertiary/aromatic N) is 4. The molecule has 0 bridgehead atoms. The Labute approximate surface area is 124 Å². The number of hydrogen-bond donors (Lipinski definition) is 1. The van der Waals surface area contributed by atoms with Crippen molar-refractivity contribution >= 4 is 18.4 Å². The van der Waals surface area contributed by atoms with Gasteiger partial charge in [-0.05, 0) is 42.0 Å². The van der Waals surface area contributed by atoms with E-state index < -0.39 is 0 Å². The SMILES string of the molecule is Fc1ccc(C=Nn2c(-c3cccnc3)n[nH]c2=S)cc1. The van der Waals surface area contributed by atoms with E-state index in [0.717, 1.165) is 11.1 Å². The van der Waals surface area contributed by atoms with Gasteiger partial charge >= 0.3 is 0 Å². The van der Waals surface area contributed by atoms with Crippen molar-refractivity contribution in [2.24, 2.45) is 5.10 Å². The van der Waals surface area contributed by atoms with E-state index in [4.69, 9.17) is 12.2 Å². The molecule has 21 heavy (non-hydrogen) atoms. The second-order valence-corrected chi connectivity index (χ2v) is 4.59. The zero-order chi connectivity index (χ0) is 14.7. The minimum atomic E-state index is -0.289. The van der Waals surface area contributed by atoms with Crippen LogP contribution in [0.15, 0.2) is 53.9 Å². The third kappa shape index (κ3) is 2.92. The van der Waals surface area contributed by atoms with Gasteiger partial charge in [-0.15, -0.1) is 0 Å². The molecule has 0 saturated heterocycles. The predicted molar refractivity (Wildman–Crippen MR) is 80.0 cm³/mol. The highest BCUT2D eigenvalue weighted by atomic mass is 32.1. The lowest BCUT2D eigenvalue weighted by Crippen LogP contribution is -1.95. The molecule has 0 aliphatic heterocycles. The molecule has 0 atom stereocenters. The molecule has 0 spiro atoms. The minimum absolute atomic E-state index is 0.289. The Hall–Kier alpha value is -2.67. The van der Waals surface area contributed by atoms with Crippen molar-refractivity contribution in [1.29, 1.82) is 0 Å². The van der Waals surface area contributed by atoms with Gasteiger partial charge in [0.25, 0.3) is 0 Å². The lowest BCUT2D eigenvalue weighted by atomic mass is 10.2. The Balaban J connectivity index is 1.98. The molecule has 0 amide bonds. The fraction of sp³-hybridized carbons (Fsp3) is 0. The van der Waals surface area contributed by atoms with Gasteiger partial charge < -0.3 is 0 Å². The van der Waals surface area contributed by atoms with Gasteiger partial charge in [0.1, 0.15) is 5.82 Å². The standard InChI is InChI=1S/C14H10FN5S/c15-12-5-3-10(4-6-12)8-17-20-13(18-19-14(20)21)11-2-1-7-16-9-11/h1-9H,(H,19,21). The summed E-state index contributed by atoms with van der Waals surface area (Å²) in [4.78, 5) is 4.04. The van der Waals surface area contributed by atoms with Gasteiger partial charge in [-0.2, -0.15) is 14.9 Å². The van der Waals surface area contributed by atoms with Gasteiger partial charge in [0.05, 0.1) is 6.21 Å². The molecule has 3 rings (SSSR count). The van der Waals surface area contributed by atoms with E-state index in [1.807, 2.05) is 6.07 Å². The number of aromatic amines is 1. The van der Waals surface area contributed by atoms with Crippen LogP contribution in [0.1, 0.15) is 5.56 Å². The Kier molecular flexibility index (Phi) is 3.65. The molecule has 0 radical (unpaired) electrons. The zero-order valence-corrected chi connectivity index (χ0v) is 11.6. The van der Waals surface area contributed by atoms with Crippen molar-refractivity contribution in [2.75, 3.05) is 0 Å². The number of rotatable bonds is 3. The summed E-state index contributed by atoms with van der Waals surface area (Å²) >= 11 is 5.16. The summed E-state index contributed by atoms with van der Waals surface area (Å²) in [6.07, 6.45) is 4.94. The molecule has 0 aliphatic carbocycles. The molecule has 1 N–H and O–H groups in total. The molecule has 0 fully saturated rings. The second-order valence-electron chi connectivity index (χ2n) is 4.20. The van der Waals surface area contributed by atoms with Crippen LogP contribution in [0.2, 0.25) is 0 Å².